The number of hydrogen-bond acceptors (Lipinski definition) is 4. The third kappa shape index (κ3) is 2.07. The Hall–Kier alpha value is -2.89. The molecule has 0 fully saturated rings. The van der Waals surface area contributed by atoms with Crippen LogP contribution in [0.3, 0.4) is 0 Å². The number of fused-ring (bicyclic) bond motifs is 1. The number of nitrogens with zero attached hydrogens (tertiary/aromatic N) is 3. The predicted molar refractivity (Wildman–Crippen MR) is 74.7 cm³/mol. The molecule has 6 heteroatoms. The number of aromatic nitrogens is 3. The van der Waals surface area contributed by atoms with Crippen molar-refractivity contribution in [3.8, 4) is 16.9 Å². The maximum atomic E-state index is 10.4. The van der Waals surface area contributed by atoms with Crippen LogP contribution < -0.4 is 10.1 Å². The zero-order chi connectivity index (χ0) is 13.9. The van der Waals surface area contributed by atoms with Crippen molar-refractivity contribution in [1.82, 2.24) is 14.4 Å². The van der Waals surface area contributed by atoms with E-state index in [0.717, 1.165) is 22.5 Å². The average Bonchev–Trinajstić information content (AvgIpc) is 2.89. The molecule has 0 aliphatic heterocycles. The molecule has 0 radical (unpaired) electrons. The molecule has 1 N–H and O–H groups in total. The number of imidazole rings is 1. The van der Waals surface area contributed by atoms with Crippen LogP contribution in [0.5, 0.6) is 5.75 Å². The summed E-state index contributed by atoms with van der Waals surface area (Å²) in [5.41, 5.74) is 2.61. The molecule has 0 aromatic carbocycles. The second-order valence-corrected chi connectivity index (χ2v) is 4.15. The Balaban J connectivity index is 2.10. The average molecular weight is 268 g/mol. The maximum Gasteiger partial charge on any atom is 0.212 e. The van der Waals surface area contributed by atoms with E-state index in [4.69, 9.17) is 4.74 Å². The Bertz CT molecular complexity index is 767. The molecular formula is C14H12N4O2. The summed E-state index contributed by atoms with van der Waals surface area (Å²) >= 11 is 0. The van der Waals surface area contributed by atoms with Gasteiger partial charge in [-0.2, -0.15) is 0 Å². The molecule has 0 aliphatic carbocycles. The number of nitrogens with one attached hydrogen (secondary N) is 1. The number of amides is 1. The molecule has 0 spiro atoms. The van der Waals surface area contributed by atoms with Crippen molar-refractivity contribution in [3.63, 3.8) is 0 Å². The van der Waals surface area contributed by atoms with Gasteiger partial charge in [0.05, 0.1) is 13.3 Å². The second-order valence-electron chi connectivity index (χ2n) is 4.15. The fourth-order valence-corrected chi connectivity index (χ4v) is 2.06. The molecule has 3 heterocycles. The Morgan fingerprint density at radius 3 is 3.00 bits per heavy atom. The highest BCUT2D eigenvalue weighted by atomic mass is 16.5. The van der Waals surface area contributed by atoms with Gasteiger partial charge in [-0.1, -0.05) is 0 Å². The summed E-state index contributed by atoms with van der Waals surface area (Å²) in [5.74, 6) is 1.26. The lowest BCUT2D eigenvalue weighted by molar-refractivity contribution is -0.105. The predicted octanol–water partition coefficient (Wildman–Crippen LogP) is 1.97. The zero-order valence-corrected chi connectivity index (χ0v) is 10.8. The number of anilines is 1. The minimum Gasteiger partial charge on any atom is -0.496 e. The highest BCUT2D eigenvalue weighted by Crippen LogP contribution is 2.28. The van der Waals surface area contributed by atoms with E-state index in [2.05, 4.69) is 15.3 Å². The summed E-state index contributed by atoms with van der Waals surface area (Å²) in [7, 11) is 1.63. The highest BCUT2D eigenvalue weighted by molar-refractivity contribution is 5.72. The first-order valence-corrected chi connectivity index (χ1v) is 5.99. The standard InChI is InChI=1S/C14H12N4O2/c1-20-12-4-5-15-6-11(12)10-2-3-14-17-13(16-9-19)8-18(14)7-10/h2-9H,1H3,(H,16,19). The molecule has 3 rings (SSSR count). The molecule has 20 heavy (non-hydrogen) atoms. The fraction of sp³-hybridized carbons (Fsp3) is 0.0714. The molecule has 0 bridgehead atoms. The van der Waals surface area contributed by atoms with E-state index in [-0.39, 0.29) is 0 Å². The van der Waals surface area contributed by atoms with E-state index in [1.54, 1.807) is 25.7 Å². The lowest BCUT2D eigenvalue weighted by Crippen LogP contribution is -1.92. The van der Waals surface area contributed by atoms with E-state index in [1.165, 1.54) is 0 Å². The summed E-state index contributed by atoms with van der Waals surface area (Å²) in [6, 6.07) is 5.62. The van der Waals surface area contributed by atoms with Gasteiger partial charge in [0.25, 0.3) is 0 Å². The van der Waals surface area contributed by atoms with E-state index in [0.29, 0.717) is 12.2 Å². The van der Waals surface area contributed by atoms with Gasteiger partial charge in [-0.25, -0.2) is 4.98 Å². The van der Waals surface area contributed by atoms with Crippen molar-refractivity contribution in [3.05, 3.63) is 43.0 Å². The van der Waals surface area contributed by atoms with Gasteiger partial charge in [0.1, 0.15) is 11.4 Å². The van der Waals surface area contributed by atoms with Gasteiger partial charge in [0.2, 0.25) is 6.41 Å². The van der Waals surface area contributed by atoms with Crippen molar-refractivity contribution in [2.45, 2.75) is 0 Å². The summed E-state index contributed by atoms with van der Waals surface area (Å²) in [5, 5.41) is 2.53. The third-order valence-electron chi connectivity index (χ3n) is 2.97. The molecule has 0 saturated heterocycles. The lowest BCUT2D eigenvalue weighted by atomic mass is 10.1. The molecular weight excluding hydrogens is 256 g/mol. The van der Waals surface area contributed by atoms with Gasteiger partial charge in [0.15, 0.2) is 5.82 Å². The Labute approximate surface area is 115 Å². The minimum absolute atomic E-state index is 0.510. The molecule has 0 aliphatic rings. The molecule has 0 saturated carbocycles. The van der Waals surface area contributed by atoms with E-state index >= 15 is 0 Å². The van der Waals surface area contributed by atoms with Crippen LogP contribution in [-0.4, -0.2) is 27.9 Å². The second kappa shape index (κ2) is 5.00. The molecule has 1 amide bonds. The van der Waals surface area contributed by atoms with Gasteiger partial charge in [-0.15, -0.1) is 0 Å². The smallest absolute Gasteiger partial charge is 0.212 e. The Kier molecular flexibility index (Phi) is 3.04. The monoisotopic (exact) mass is 268 g/mol. The number of pyridine rings is 2. The van der Waals surface area contributed by atoms with E-state index < -0.39 is 0 Å². The van der Waals surface area contributed by atoms with Crippen LogP contribution in [0.25, 0.3) is 16.8 Å². The molecule has 3 aromatic rings. The molecule has 100 valence electrons. The van der Waals surface area contributed by atoms with Crippen LogP contribution in [0.4, 0.5) is 5.82 Å². The van der Waals surface area contributed by atoms with Gasteiger partial charge < -0.3 is 14.5 Å². The van der Waals surface area contributed by atoms with Gasteiger partial charge >= 0.3 is 0 Å². The van der Waals surface area contributed by atoms with Gasteiger partial charge in [-0.3, -0.25) is 9.78 Å². The van der Waals surface area contributed by atoms with E-state index in [9.17, 15) is 4.79 Å². The van der Waals surface area contributed by atoms with Crippen LogP contribution in [-0.2, 0) is 4.79 Å². The SMILES string of the molecule is COc1ccncc1-c1ccc2nc(NC=O)cn2c1. The molecule has 3 aromatic heterocycles. The number of rotatable bonds is 4. The quantitative estimate of drug-likeness (QED) is 0.734. The summed E-state index contributed by atoms with van der Waals surface area (Å²) in [6.45, 7) is 0. The van der Waals surface area contributed by atoms with Crippen molar-refractivity contribution in [1.29, 1.82) is 0 Å². The normalized spacial score (nSPS) is 10.4. The first-order valence-electron chi connectivity index (χ1n) is 5.99. The van der Waals surface area contributed by atoms with Crippen LogP contribution in [0.1, 0.15) is 0 Å². The first kappa shape index (κ1) is 12.2. The fourth-order valence-electron chi connectivity index (χ4n) is 2.06. The van der Waals surface area contributed by atoms with Crippen LogP contribution >= 0.6 is 0 Å². The zero-order valence-electron chi connectivity index (χ0n) is 10.8. The largest absolute Gasteiger partial charge is 0.496 e. The molecule has 0 atom stereocenters. The topological polar surface area (TPSA) is 68.5 Å². The number of carbonyl (C=O) groups is 1. The van der Waals surface area contributed by atoms with Gasteiger partial charge in [0, 0.05) is 29.7 Å². The Morgan fingerprint density at radius 2 is 2.20 bits per heavy atom. The maximum absolute atomic E-state index is 10.4. The summed E-state index contributed by atoms with van der Waals surface area (Å²) in [4.78, 5) is 18.8. The number of ether oxygens (including phenoxy) is 1. The number of methoxy groups -OCH3 is 1. The molecule has 6 nitrogen and oxygen atoms in total. The van der Waals surface area contributed by atoms with E-state index in [1.807, 2.05) is 28.8 Å². The van der Waals surface area contributed by atoms with Crippen LogP contribution in [0.2, 0.25) is 0 Å². The van der Waals surface area contributed by atoms with Crippen molar-refractivity contribution in [2.75, 3.05) is 12.4 Å². The first-order chi connectivity index (χ1) is 9.81. The van der Waals surface area contributed by atoms with Crippen molar-refractivity contribution >= 4 is 17.9 Å². The Morgan fingerprint density at radius 1 is 1.30 bits per heavy atom. The highest BCUT2D eigenvalue weighted by Gasteiger charge is 2.07. The number of hydrogen-bond donors (Lipinski definition) is 1. The van der Waals surface area contributed by atoms with Crippen LogP contribution in [0.15, 0.2) is 43.0 Å². The summed E-state index contributed by atoms with van der Waals surface area (Å²) < 4.78 is 7.17. The van der Waals surface area contributed by atoms with Crippen LogP contribution in [0, 0.1) is 0 Å². The third-order valence-corrected chi connectivity index (χ3v) is 2.97. The van der Waals surface area contributed by atoms with Crippen molar-refractivity contribution in [2.24, 2.45) is 0 Å². The summed E-state index contributed by atoms with van der Waals surface area (Å²) in [6.07, 6.45) is 7.70. The van der Waals surface area contributed by atoms with Gasteiger partial charge in [-0.05, 0) is 18.2 Å². The minimum atomic E-state index is 0.510. The lowest BCUT2D eigenvalue weighted by Gasteiger charge is -2.07. The molecule has 0 unspecified atom stereocenters. The van der Waals surface area contributed by atoms with Crippen molar-refractivity contribution < 1.29 is 9.53 Å². The number of carbonyl (C=O) groups excluding carboxylic acids is 1.